The van der Waals surface area contributed by atoms with Crippen LogP contribution in [0.1, 0.15) is 36.7 Å². The van der Waals surface area contributed by atoms with Gasteiger partial charge in [0.2, 0.25) is 5.91 Å². The van der Waals surface area contributed by atoms with E-state index in [2.05, 4.69) is 10.6 Å². The average Bonchev–Trinajstić information content (AvgIpc) is 2.23. The number of carbonyl (C=O) groups is 2. The van der Waals surface area contributed by atoms with Crippen molar-refractivity contribution in [3.05, 3.63) is 29.3 Å². The summed E-state index contributed by atoms with van der Waals surface area (Å²) < 4.78 is 0. The molecule has 0 heterocycles. The Balaban J connectivity index is 2.59. The molecule has 104 valence electrons. The van der Waals surface area contributed by atoms with E-state index in [1.165, 1.54) is 0 Å². The number of amides is 2. The Morgan fingerprint density at radius 2 is 1.89 bits per heavy atom. The molecule has 0 aliphatic rings. The van der Waals surface area contributed by atoms with Gasteiger partial charge in [0, 0.05) is 16.8 Å². The minimum absolute atomic E-state index is 0.0417. The Morgan fingerprint density at radius 1 is 1.26 bits per heavy atom. The normalized spacial score (nSPS) is 10.9. The number of nitrogens with one attached hydrogen (secondary N) is 2. The molecule has 1 aromatic rings. The third kappa shape index (κ3) is 4.99. The summed E-state index contributed by atoms with van der Waals surface area (Å²) in [5.74, 6) is -0.490. The van der Waals surface area contributed by atoms with E-state index in [1.54, 1.807) is 25.1 Å². The molecule has 0 radical (unpaired) electrons. The van der Waals surface area contributed by atoms with Crippen LogP contribution in [0.4, 0.5) is 5.69 Å². The van der Waals surface area contributed by atoms with Gasteiger partial charge in [0.1, 0.15) is 0 Å². The lowest BCUT2D eigenvalue weighted by Crippen LogP contribution is -2.45. The van der Waals surface area contributed by atoms with Gasteiger partial charge in [0.05, 0.1) is 6.54 Å². The Morgan fingerprint density at radius 3 is 2.42 bits per heavy atom. The molecular formula is C14H21N3O2. The predicted molar refractivity (Wildman–Crippen MR) is 75.8 cm³/mol. The first-order valence-corrected chi connectivity index (χ1v) is 6.14. The summed E-state index contributed by atoms with van der Waals surface area (Å²) in [7, 11) is 0. The highest BCUT2D eigenvalue weighted by atomic mass is 16.2. The third-order valence-corrected chi connectivity index (χ3v) is 2.42. The molecule has 0 saturated heterocycles. The maximum absolute atomic E-state index is 11.9. The molecule has 0 aromatic heterocycles. The first-order chi connectivity index (χ1) is 8.69. The van der Waals surface area contributed by atoms with Crippen LogP contribution in [0, 0.1) is 6.92 Å². The molecule has 1 rings (SSSR count). The van der Waals surface area contributed by atoms with Gasteiger partial charge in [0.25, 0.3) is 5.91 Å². The van der Waals surface area contributed by atoms with Crippen molar-refractivity contribution >= 4 is 17.5 Å². The van der Waals surface area contributed by atoms with Crippen LogP contribution in [0.15, 0.2) is 18.2 Å². The Hall–Kier alpha value is -2.04. The quantitative estimate of drug-likeness (QED) is 0.717. The number of nitrogen functional groups attached to an aromatic ring is 1. The second-order valence-corrected chi connectivity index (χ2v) is 5.56. The number of hydrogen-bond donors (Lipinski definition) is 3. The lowest BCUT2D eigenvalue weighted by atomic mass is 10.1. The van der Waals surface area contributed by atoms with Crippen molar-refractivity contribution in [1.29, 1.82) is 0 Å². The zero-order valence-electron chi connectivity index (χ0n) is 11.8. The molecule has 4 N–H and O–H groups in total. The van der Waals surface area contributed by atoms with E-state index < -0.39 is 0 Å². The fraction of sp³-hybridized carbons (Fsp3) is 0.429. The molecule has 1 aromatic carbocycles. The number of rotatable bonds is 3. The van der Waals surface area contributed by atoms with Crippen molar-refractivity contribution in [2.24, 2.45) is 0 Å². The summed E-state index contributed by atoms with van der Waals surface area (Å²) in [4.78, 5) is 23.5. The van der Waals surface area contributed by atoms with Crippen LogP contribution in [-0.2, 0) is 4.79 Å². The minimum Gasteiger partial charge on any atom is -0.399 e. The van der Waals surface area contributed by atoms with Crippen molar-refractivity contribution in [2.75, 3.05) is 12.3 Å². The first-order valence-electron chi connectivity index (χ1n) is 6.14. The SMILES string of the molecule is Cc1cc(N)ccc1C(=O)NCC(=O)NC(C)(C)C. The number of anilines is 1. The van der Waals surface area contributed by atoms with Gasteiger partial charge in [-0.05, 0) is 51.5 Å². The molecule has 5 nitrogen and oxygen atoms in total. The molecule has 0 saturated carbocycles. The highest BCUT2D eigenvalue weighted by Crippen LogP contribution is 2.12. The highest BCUT2D eigenvalue weighted by molar-refractivity contribution is 5.98. The number of hydrogen-bond acceptors (Lipinski definition) is 3. The molecule has 0 atom stereocenters. The average molecular weight is 263 g/mol. The Kier molecular flexibility index (Phi) is 4.53. The summed E-state index contributed by atoms with van der Waals surface area (Å²) in [6.45, 7) is 7.42. The molecule has 0 aliphatic carbocycles. The van der Waals surface area contributed by atoms with Gasteiger partial charge in [-0.25, -0.2) is 0 Å². The fourth-order valence-electron chi connectivity index (χ4n) is 1.66. The lowest BCUT2D eigenvalue weighted by molar-refractivity contribution is -0.121. The van der Waals surface area contributed by atoms with Crippen LogP contribution >= 0.6 is 0 Å². The molecule has 0 aliphatic heterocycles. The van der Waals surface area contributed by atoms with Crippen molar-refractivity contribution in [3.8, 4) is 0 Å². The summed E-state index contributed by atoms with van der Waals surface area (Å²) in [6.07, 6.45) is 0. The number of carbonyl (C=O) groups excluding carboxylic acids is 2. The van der Waals surface area contributed by atoms with Crippen LogP contribution in [0.25, 0.3) is 0 Å². The Labute approximate surface area is 113 Å². The van der Waals surface area contributed by atoms with Gasteiger partial charge < -0.3 is 16.4 Å². The fourth-order valence-corrected chi connectivity index (χ4v) is 1.66. The van der Waals surface area contributed by atoms with E-state index in [0.29, 0.717) is 11.3 Å². The minimum atomic E-state index is -0.307. The Bertz CT molecular complexity index is 490. The van der Waals surface area contributed by atoms with Crippen molar-refractivity contribution in [1.82, 2.24) is 10.6 Å². The van der Waals surface area contributed by atoms with Crippen LogP contribution in [0.5, 0.6) is 0 Å². The van der Waals surface area contributed by atoms with E-state index in [4.69, 9.17) is 5.73 Å². The highest BCUT2D eigenvalue weighted by Gasteiger charge is 2.15. The van der Waals surface area contributed by atoms with Gasteiger partial charge in [0.15, 0.2) is 0 Å². The molecule has 0 bridgehead atoms. The van der Waals surface area contributed by atoms with Crippen molar-refractivity contribution in [3.63, 3.8) is 0 Å². The zero-order valence-corrected chi connectivity index (χ0v) is 11.8. The molecular weight excluding hydrogens is 242 g/mol. The second kappa shape index (κ2) is 5.73. The van der Waals surface area contributed by atoms with Crippen molar-refractivity contribution in [2.45, 2.75) is 33.2 Å². The van der Waals surface area contributed by atoms with E-state index in [0.717, 1.165) is 5.56 Å². The smallest absolute Gasteiger partial charge is 0.251 e. The predicted octanol–water partition coefficient (Wildman–Crippen LogP) is 1.22. The molecule has 19 heavy (non-hydrogen) atoms. The molecule has 0 fully saturated rings. The van der Waals surface area contributed by atoms with Crippen molar-refractivity contribution < 1.29 is 9.59 Å². The zero-order chi connectivity index (χ0) is 14.6. The van der Waals surface area contributed by atoms with Gasteiger partial charge in [-0.1, -0.05) is 0 Å². The maximum atomic E-state index is 11.9. The molecule has 0 unspecified atom stereocenters. The molecule has 5 heteroatoms. The standard InChI is InChI=1S/C14H21N3O2/c1-9-7-10(15)5-6-11(9)13(19)16-8-12(18)17-14(2,3)4/h5-7H,8,15H2,1-4H3,(H,16,19)(H,17,18). The van der Waals surface area contributed by atoms with E-state index in [1.807, 2.05) is 20.8 Å². The molecule has 0 spiro atoms. The van der Waals surface area contributed by atoms with E-state index in [9.17, 15) is 9.59 Å². The molecule has 2 amide bonds. The van der Waals surface area contributed by atoms with Crippen LogP contribution < -0.4 is 16.4 Å². The van der Waals surface area contributed by atoms with Gasteiger partial charge in [-0.3, -0.25) is 9.59 Å². The van der Waals surface area contributed by atoms with Crippen LogP contribution in [0.3, 0.4) is 0 Å². The number of nitrogens with two attached hydrogens (primary N) is 1. The number of aryl methyl sites for hydroxylation is 1. The second-order valence-electron chi connectivity index (χ2n) is 5.56. The van der Waals surface area contributed by atoms with Gasteiger partial charge in [-0.15, -0.1) is 0 Å². The summed E-state index contributed by atoms with van der Waals surface area (Å²) in [5, 5.41) is 5.37. The summed E-state index contributed by atoms with van der Waals surface area (Å²) >= 11 is 0. The van der Waals surface area contributed by atoms with Gasteiger partial charge >= 0.3 is 0 Å². The van der Waals surface area contributed by atoms with E-state index >= 15 is 0 Å². The summed E-state index contributed by atoms with van der Waals surface area (Å²) in [5.41, 5.74) is 7.24. The topological polar surface area (TPSA) is 84.2 Å². The number of benzene rings is 1. The van der Waals surface area contributed by atoms with Gasteiger partial charge in [-0.2, -0.15) is 0 Å². The maximum Gasteiger partial charge on any atom is 0.251 e. The lowest BCUT2D eigenvalue weighted by Gasteiger charge is -2.20. The van der Waals surface area contributed by atoms with Crippen LogP contribution in [0.2, 0.25) is 0 Å². The van der Waals surface area contributed by atoms with Crippen LogP contribution in [-0.4, -0.2) is 23.9 Å². The first kappa shape index (κ1) is 15.0. The van der Waals surface area contributed by atoms with E-state index in [-0.39, 0.29) is 23.9 Å². The monoisotopic (exact) mass is 263 g/mol. The third-order valence-electron chi connectivity index (χ3n) is 2.42. The summed E-state index contributed by atoms with van der Waals surface area (Å²) in [6, 6.07) is 5.04. The largest absolute Gasteiger partial charge is 0.399 e.